The molecular weight excluding hydrogens is 340 g/mol. The Morgan fingerprint density at radius 2 is 1.56 bits per heavy atom. The summed E-state index contributed by atoms with van der Waals surface area (Å²) in [4.78, 5) is 12.3. The molecule has 0 bridgehead atoms. The van der Waals surface area contributed by atoms with Crippen molar-refractivity contribution in [3.8, 4) is 17.2 Å². The third-order valence-electron chi connectivity index (χ3n) is 3.75. The van der Waals surface area contributed by atoms with Crippen LogP contribution >= 0.6 is 0 Å². The molecule has 0 aromatic heterocycles. The average molecular weight is 362 g/mol. The maximum atomic E-state index is 12.3. The normalized spacial score (nSPS) is 10.1. The van der Waals surface area contributed by atoms with Crippen LogP contribution in [0.5, 0.6) is 17.2 Å². The van der Waals surface area contributed by atoms with E-state index in [0.717, 1.165) is 11.4 Å². The lowest BCUT2D eigenvalue weighted by atomic mass is 10.2. The molecule has 3 rings (SSSR count). The van der Waals surface area contributed by atoms with Gasteiger partial charge in [0.05, 0.1) is 18.8 Å². The van der Waals surface area contributed by atoms with Gasteiger partial charge < -0.3 is 20.1 Å². The minimum Gasteiger partial charge on any atom is -0.494 e. The lowest BCUT2D eigenvalue weighted by molar-refractivity contribution is -0.114. The van der Waals surface area contributed by atoms with E-state index in [4.69, 9.17) is 9.47 Å². The summed E-state index contributed by atoms with van der Waals surface area (Å²) < 4.78 is 11.3. The summed E-state index contributed by atoms with van der Waals surface area (Å²) in [6.45, 7) is 2.71. The Bertz CT molecular complexity index is 864. The Kier molecular flexibility index (Phi) is 6.30. The van der Waals surface area contributed by atoms with Gasteiger partial charge in [-0.3, -0.25) is 4.79 Å². The molecule has 5 heteroatoms. The molecule has 0 aliphatic carbocycles. The molecule has 0 saturated carbocycles. The summed E-state index contributed by atoms with van der Waals surface area (Å²) in [7, 11) is 0. The zero-order valence-corrected chi connectivity index (χ0v) is 15.1. The first kappa shape index (κ1) is 18.3. The zero-order chi connectivity index (χ0) is 18.9. The van der Waals surface area contributed by atoms with E-state index in [1.807, 2.05) is 85.8 Å². The first-order valence-corrected chi connectivity index (χ1v) is 8.83. The molecule has 0 fully saturated rings. The molecule has 138 valence electrons. The number of carbonyl (C=O) groups is 1. The van der Waals surface area contributed by atoms with Crippen LogP contribution in [0.15, 0.2) is 78.9 Å². The van der Waals surface area contributed by atoms with E-state index < -0.39 is 0 Å². The lowest BCUT2D eigenvalue weighted by Crippen LogP contribution is -2.22. The molecule has 5 nitrogen and oxygen atoms in total. The van der Waals surface area contributed by atoms with Crippen LogP contribution in [-0.2, 0) is 4.79 Å². The second kappa shape index (κ2) is 9.29. The highest BCUT2D eigenvalue weighted by atomic mass is 16.5. The van der Waals surface area contributed by atoms with Crippen LogP contribution in [-0.4, -0.2) is 19.1 Å². The Labute approximate surface area is 158 Å². The number of benzene rings is 3. The predicted molar refractivity (Wildman–Crippen MR) is 108 cm³/mol. The Morgan fingerprint density at radius 1 is 0.852 bits per heavy atom. The van der Waals surface area contributed by atoms with Crippen molar-refractivity contribution < 1.29 is 14.3 Å². The number of hydrogen-bond donors (Lipinski definition) is 2. The zero-order valence-electron chi connectivity index (χ0n) is 15.1. The summed E-state index contributed by atoms with van der Waals surface area (Å²) in [5.41, 5.74) is 1.47. The fourth-order valence-corrected chi connectivity index (χ4v) is 2.49. The molecule has 0 heterocycles. The first-order chi connectivity index (χ1) is 13.2. The summed E-state index contributed by atoms with van der Waals surface area (Å²) in [6, 6.07) is 24.3. The van der Waals surface area contributed by atoms with E-state index in [2.05, 4.69) is 10.6 Å². The molecule has 27 heavy (non-hydrogen) atoms. The SMILES string of the molecule is CCOc1ccc(NCC(=O)Nc2ccccc2Oc2ccccc2)cc1. The third kappa shape index (κ3) is 5.51. The topological polar surface area (TPSA) is 59.6 Å². The summed E-state index contributed by atoms with van der Waals surface area (Å²) in [5, 5.41) is 5.98. The molecule has 0 unspecified atom stereocenters. The highest BCUT2D eigenvalue weighted by molar-refractivity contribution is 5.95. The van der Waals surface area contributed by atoms with Crippen molar-refractivity contribution in [2.75, 3.05) is 23.8 Å². The Morgan fingerprint density at radius 3 is 2.30 bits per heavy atom. The summed E-state index contributed by atoms with van der Waals surface area (Å²) >= 11 is 0. The number of rotatable bonds is 8. The molecule has 3 aromatic rings. The van der Waals surface area contributed by atoms with Gasteiger partial charge in [-0.25, -0.2) is 0 Å². The van der Waals surface area contributed by atoms with Crippen LogP contribution < -0.4 is 20.1 Å². The van der Waals surface area contributed by atoms with E-state index >= 15 is 0 Å². The molecule has 2 N–H and O–H groups in total. The van der Waals surface area contributed by atoms with Crippen LogP contribution in [0, 0.1) is 0 Å². The van der Waals surface area contributed by atoms with Gasteiger partial charge in [0.15, 0.2) is 5.75 Å². The number of para-hydroxylation sites is 3. The van der Waals surface area contributed by atoms with E-state index in [1.54, 1.807) is 0 Å². The Balaban J connectivity index is 1.57. The number of carbonyl (C=O) groups excluding carboxylic acids is 1. The minimum absolute atomic E-state index is 0.146. The van der Waals surface area contributed by atoms with Crippen LogP contribution in [0.1, 0.15) is 6.92 Å². The van der Waals surface area contributed by atoms with Gasteiger partial charge in [-0.15, -0.1) is 0 Å². The highest BCUT2D eigenvalue weighted by Gasteiger charge is 2.08. The lowest BCUT2D eigenvalue weighted by Gasteiger charge is -2.13. The minimum atomic E-state index is -0.159. The second-order valence-electron chi connectivity index (χ2n) is 5.77. The fourth-order valence-electron chi connectivity index (χ4n) is 2.49. The van der Waals surface area contributed by atoms with Gasteiger partial charge in [-0.05, 0) is 55.5 Å². The molecule has 0 atom stereocenters. The van der Waals surface area contributed by atoms with Crippen molar-refractivity contribution in [3.63, 3.8) is 0 Å². The molecule has 0 spiro atoms. The van der Waals surface area contributed by atoms with Crippen LogP contribution in [0.2, 0.25) is 0 Å². The third-order valence-corrected chi connectivity index (χ3v) is 3.75. The number of nitrogens with one attached hydrogen (secondary N) is 2. The van der Waals surface area contributed by atoms with Crippen molar-refractivity contribution in [1.82, 2.24) is 0 Å². The molecule has 0 aliphatic rings. The standard InChI is InChI=1S/C22H22N2O3/c1-2-26-18-14-12-17(13-15-18)23-16-22(25)24-20-10-6-7-11-21(20)27-19-8-4-3-5-9-19/h3-15,23H,2,16H2,1H3,(H,24,25). The van der Waals surface area contributed by atoms with E-state index in [1.165, 1.54) is 0 Å². The number of hydrogen-bond acceptors (Lipinski definition) is 4. The number of ether oxygens (including phenoxy) is 2. The molecule has 1 amide bonds. The van der Waals surface area contributed by atoms with Crippen LogP contribution in [0.3, 0.4) is 0 Å². The van der Waals surface area contributed by atoms with Gasteiger partial charge in [0.1, 0.15) is 11.5 Å². The van der Waals surface area contributed by atoms with E-state index in [0.29, 0.717) is 23.8 Å². The highest BCUT2D eigenvalue weighted by Crippen LogP contribution is 2.29. The van der Waals surface area contributed by atoms with E-state index in [-0.39, 0.29) is 12.5 Å². The van der Waals surface area contributed by atoms with Crippen molar-refractivity contribution in [3.05, 3.63) is 78.9 Å². The van der Waals surface area contributed by atoms with Crippen molar-refractivity contribution in [2.24, 2.45) is 0 Å². The van der Waals surface area contributed by atoms with Gasteiger partial charge in [0.2, 0.25) is 5.91 Å². The van der Waals surface area contributed by atoms with Crippen molar-refractivity contribution >= 4 is 17.3 Å². The quantitative estimate of drug-likeness (QED) is 0.597. The second-order valence-corrected chi connectivity index (χ2v) is 5.77. The predicted octanol–water partition coefficient (Wildman–Crippen LogP) is 4.93. The fraction of sp³-hybridized carbons (Fsp3) is 0.136. The molecule has 3 aromatic carbocycles. The molecule has 0 aliphatic heterocycles. The van der Waals surface area contributed by atoms with Crippen molar-refractivity contribution in [2.45, 2.75) is 6.92 Å². The summed E-state index contributed by atoms with van der Waals surface area (Å²) in [6.07, 6.45) is 0. The molecule has 0 radical (unpaired) electrons. The number of anilines is 2. The van der Waals surface area contributed by atoms with Crippen LogP contribution in [0.4, 0.5) is 11.4 Å². The number of amides is 1. The van der Waals surface area contributed by atoms with Crippen LogP contribution in [0.25, 0.3) is 0 Å². The largest absolute Gasteiger partial charge is 0.494 e. The van der Waals surface area contributed by atoms with Gasteiger partial charge in [0.25, 0.3) is 0 Å². The van der Waals surface area contributed by atoms with Gasteiger partial charge >= 0.3 is 0 Å². The van der Waals surface area contributed by atoms with Crippen molar-refractivity contribution in [1.29, 1.82) is 0 Å². The maximum absolute atomic E-state index is 12.3. The molecular formula is C22H22N2O3. The monoisotopic (exact) mass is 362 g/mol. The molecule has 0 saturated heterocycles. The van der Waals surface area contributed by atoms with E-state index in [9.17, 15) is 4.79 Å². The maximum Gasteiger partial charge on any atom is 0.243 e. The van der Waals surface area contributed by atoms with Gasteiger partial charge in [-0.2, -0.15) is 0 Å². The van der Waals surface area contributed by atoms with Gasteiger partial charge in [-0.1, -0.05) is 30.3 Å². The Hall–Kier alpha value is -3.47. The first-order valence-electron chi connectivity index (χ1n) is 8.83. The van der Waals surface area contributed by atoms with Gasteiger partial charge in [0, 0.05) is 5.69 Å². The smallest absolute Gasteiger partial charge is 0.243 e. The summed E-state index contributed by atoms with van der Waals surface area (Å²) in [5.74, 6) is 1.96. The average Bonchev–Trinajstić information content (AvgIpc) is 2.70.